The third-order valence-corrected chi connectivity index (χ3v) is 3.73. The van der Waals surface area contributed by atoms with E-state index >= 15 is 0 Å². The second-order valence-corrected chi connectivity index (χ2v) is 5.35. The lowest BCUT2D eigenvalue weighted by Gasteiger charge is -2.18. The topological polar surface area (TPSA) is 47.4 Å². The quantitative estimate of drug-likeness (QED) is 0.857. The van der Waals surface area contributed by atoms with E-state index in [0.29, 0.717) is 30.3 Å². The first-order chi connectivity index (χ1) is 10.2. The summed E-state index contributed by atoms with van der Waals surface area (Å²) in [6.45, 7) is 4.24. The summed E-state index contributed by atoms with van der Waals surface area (Å²) in [5.74, 6) is 0.755. The third kappa shape index (κ3) is 2.88. The molecule has 1 aromatic carbocycles. The summed E-state index contributed by atoms with van der Waals surface area (Å²) in [5.41, 5.74) is 1.53. The predicted molar refractivity (Wildman–Crippen MR) is 79.6 cm³/mol. The molecule has 0 spiro atoms. The number of carbonyl (C=O) groups excluding carboxylic acids is 1. The zero-order chi connectivity index (χ0) is 14.8. The summed E-state index contributed by atoms with van der Waals surface area (Å²) < 4.78 is 7.42. The number of hydrogen-bond acceptors (Lipinski definition) is 3. The molecule has 0 fully saturated rings. The van der Waals surface area contributed by atoms with Crippen LogP contribution in [0.2, 0.25) is 5.02 Å². The number of aryl methyl sites for hydroxylation is 1. The minimum Gasteiger partial charge on any atom is -0.491 e. The largest absolute Gasteiger partial charge is 0.491 e. The highest BCUT2D eigenvalue weighted by molar-refractivity contribution is 6.30. The van der Waals surface area contributed by atoms with E-state index in [2.05, 4.69) is 5.10 Å². The van der Waals surface area contributed by atoms with Crippen molar-refractivity contribution in [3.05, 3.63) is 46.7 Å². The molecule has 0 saturated heterocycles. The monoisotopic (exact) mass is 305 g/mol. The zero-order valence-electron chi connectivity index (χ0n) is 11.8. The van der Waals surface area contributed by atoms with Gasteiger partial charge in [0.2, 0.25) is 0 Å². The highest BCUT2D eigenvalue weighted by Gasteiger charge is 2.22. The normalized spacial score (nSPS) is 14.3. The molecule has 1 aliphatic heterocycles. The maximum Gasteiger partial charge on any atom is 0.257 e. The van der Waals surface area contributed by atoms with Gasteiger partial charge in [0.25, 0.3) is 5.91 Å². The van der Waals surface area contributed by atoms with Crippen LogP contribution in [0.15, 0.2) is 30.6 Å². The zero-order valence-corrected chi connectivity index (χ0v) is 12.5. The maximum absolute atomic E-state index is 12.6. The van der Waals surface area contributed by atoms with Gasteiger partial charge < -0.3 is 9.64 Å². The lowest BCUT2D eigenvalue weighted by Crippen LogP contribution is -2.32. The van der Waals surface area contributed by atoms with Crippen molar-refractivity contribution in [2.45, 2.75) is 20.0 Å². The van der Waals surface area contributed by atoms with Gasteiger partial charge in [-0.3, -0.25) is 9.48 Å². The Balaban J connectivity index is 1.84. The number of benzene rings is 1. The van der Waals surface area contributed by atoms with Crippen molar-refractivity contribution in [1.82, 2.24) is 14.7 Å². The molecule has 0 atom stereocenters. The summed E-state index contributed by atoms with van der Waals surface area (Å²) in [5, 5.41) is 4.79. The Bertz CT molecular complexity index is 669. The molecule has 0 aliphatic carbocycles. The first-order valence-corrected chi connectivity index (χ1v) is 7.28. The Hall–Kier alpha value is -2.01. The SMILES string of the molecule is CCn1cc(C(=O)N2CCOc3ccc(Cl)cc3C2)cn1. The fourth-order valence-corrected chi connectivity index (χ4v) is 2.56. The number of aromatic nitrogens is 2. The fourth-order valence-electron chi connectivity index (χ4n) is 2.37. The average molecular weight is 306 g/mol. The minimum atomic E-state index is -0.0360. The molecule has 21 heavy (non-hydrogen) atoms. The van der Waals surface area contributed by atoms with Crippen LogP contribution in [0.25, 0.3) is 0 Å². The van der Waals surface area contributed by atoms with Crippen LogP contribution in [0.3, 0.4) is 0 Å². The van der Waals surface area contributed by atoms with Gasteiger partial charge in [0, 0.05) is 29.9 Å². The first kappa shape index (κ1) is 13.9. The highest BCUT2D eigenvalue weighted by atomic mass is 35.5. The predicted octanol–water partition coefficient (Wildman–Crippen LogP) is 2.59. The van der Waals surface area contributed by atoms with E-state index in [4.69, 9.17) is 16.3 Å². The number of fused-ring (bicyclic) bond motifs is 1. The van der Waals surface area contributed by atoms with Crippen molar-refractivity contribution in [3.8, 4) is 5.75 Å². The molecule has 1 amide bonds. The number of carbonyl (C=O) groups is 1. The number of hydrogen-bond donors (Lipinski definition) is 0. The van der Waals surface area contributed by atoms with Crippen LogP contribution in [-0.4, -0.2) is 33.7 Å². The average Bonchev–Trinajstić information content (AvgIpc) is 2.87. The van der Waals surface area contributed by atoms with Crippen molar-refractivity contribution in [3.63, 3.8) is 0 Å². The van der Waals surface area contributed by atoms with E-state index in [1.54, 1.807) is 28.0 Å². The molecule has 1 aromatic heterocycles. The Morgan fingerprint density at radius 1 is 1.48 bits per heavy atom. The van der Waals surface area contributed by atoms with Gasteiger partial charge in [-0.1, -0.05) is 11.6 Å². The molecule has 0 saturated carbocycles. The molecule has 3 rings (SSSR count). The molecule has 5 nitrogen and oxygen atoms in total. The van der Waals surface area contributed by atoms with Crippen LogP contribution in [0.1, 0.15) is 22.8 Å². The lowest BCUT2D eigenvalue weighted by molar-refractivity contribution is 0.0733. The number of halogens is 1. The molecule has 110 valence electrons. The summed E-state index contributed by atoms with van der Waals surface area (Å²) >= 11 is 6.02. The van der Waals surface area contributed by atoms with Crippen molar-refractivity contribution in [2.24, 2.45) is 0 Å². The van der Waals surface area contributed by atoms with Gasteiger partial charge in [0.15, 0.2) is 0 Å². The Kier molecular flexibility index (Phi) is 3.84. The van der Waals surface area contributed by atoms with Gasteiger partial charge in [0.05, 0.1) is 18.3 Å². The van der Waals surface area contributed by atoms with Gasteiger partial charge in [0.1, 0.15) is 12.4 Å². The fraction of sp³-hybridized carbons (Fsp3) is 0.333. The number of nitrogens with zero attached hydrogens (tertiary/aromatic N) is 3. The second-order valence-electron chi connectivity index (χ2n) is 4.91. The Morgan fingerprint density at radius 2 is 2.33 bits per heavy atom. The summed E-state index contributed by atoms with van der Waals surface area (Å²) in [6.07, 6.45) is 3.38. The molecule has 6 heteroatoms. The smallest absolute Gasteiger partial charge is 0.257 e. The van der Waals surface area contributed by atoms with E-state index in [-0.39, 0.29) is 5.91 Å². The number of amides is 1. The van der Waals surface area contributed by atoms with E-state index in [1.807, 2.05) is 19.1 Å². The molecule has 2 aromatic rings. The number of rotatable bonds is 2. The molecule has 0 bridgehead atoms. The molecule has 0 N–H and O–H groups in total. The van der Waals surface area contributed by atoms with Crippen LogP contribution in [0.5, 0.6) is 5.75 Å². The molecule has 2 heterocycles. The molecular weight excluding hydrogens is 290 g/mol. The lowest BCUT2D eigenvalue weighted by atomic mass is 10.2. The molecular formula is C15H16ClN3O2. The second kappa shape index (κ2) is 5.77. The van der Waals surface area contributed by atoms with Gasteiger partial charge in [-0.05, 0) is 25.1 Å². The highest BCUT2D eigenvalue weighted by Crippen LogP contribution is 2.26. The van der Waals surface area contributed by atoms with Gasteiger partial charge in [-0.15, -0.1) is 0 Å². The van der Waals surface area contributed by atoms with Crippen molar-refractivity contribution >= 4 is 17.5 Å². The summed E-state index contributed by atoms with van der Waals surface area (Å²) in [7, 11) is 0. The standard InChI is InChI=1S/C15H16ClN3O2/c1-2-19-10-12(8-17-19)15(20)18-5-6-21-14-4-3-13(16)7-11(14)9-18/h3-4,7-8,10H,2,5-6,9H2,1H3. The molecule has 1 aliphatic rings. The van der Waals surface area contributed by atoms with Crippen molar-refractivity contribution < 1.29 is 9.53 Å². The van der Waals surface area contributed by atoms with Crippen molar-refractivity contribution in [1.29, 1.82) is 0 Å². The van der Waals surface area contributed by atoms with Crippen molar-refractivity contribution in [2.75, 3.05) is 13.2 Å². The van der Waals surface area contributed by atoms with Crippen LogP contribution in [-0.2, 0) is 13.1 Å². The molecule has 0 radical (unpaired) electrons. The summed E-state index contributed by atoms with van der Waals surface area (Å²) in [6, 6.07) is 5.49. The van der Waals surface area contributed by atoms with Gasteiger partial charge >= 0.3 is 0 Å². The maximum atomic E-state index is 12.6. The van der Waals surface area contributed by atoms with Crippen LogP contribution < -0.4 is 4.74 Å². The van der Waals surface area contributed by atoms with E-state index in [1.165, 1.54) is 0 Å². The van der Waals surface area contributed by atoms with Crippen LogP contribution in [0.4, 0.5) is 0 Å². The van der Waals surface area contributed by atoms with Crippen LogP contribution >= 0.6 is 11.6 Å². The molecule has 0 unspecified atom stereocenters. The first-order valence-electron chi connectivity index (χ1n) is 6.90. The number of ether oxygens (including phenoxy) is 1. The third-order valence-electron chi connectivity index (χ3n) is 3.49. The van der Waals surface area contributed by atoms with Crippen LogP contribution in [0, 0.1) is 0 Å². The summed E-state index contributed by atoms with van der Waals surface area (Å²) in [4.78, 5) is 14.3. The Labute approximate surface area is 128 Å². The Morgan fingerprint density at radius 3 is 3.10 bits per heavy atom. The van der Waals surface area contributed by atoms with Gasteiger partial charge in [-0.2, -0.15) is 5.10 Å². The van der Waals surface area contributed by atoms with E-state index in [0.717, 1.165) is 17.9 Å². The van der Waals surface area contributed by atoms with Gasteiger partial charge in [-0.25, -0.2) is 0 Å². The van der Waals surface area contributed by atoms with E-state index in [9.17, 15) is 4.79 Å². The minimum absolute atomic E-state index is 0.0360. The van der Waals surface area contributed by atoms with E-state index < -0.39 is 0 Å².